The summed E-state index contributed by atoms with van der Waals surface area (Å²) in [4.78, 5) is 15.6. The van der Waals surface area contributed by atoms with Gasteiger partial charge in [-0.05, 0) is 24.3 Å². The van der Waals surface area contributed by atoms with Gasteiger partial charge < -0.3 is 15.7 Å². The Hall–Kier alpha value is -2.25. The van der Waals surface area contributed by atoms with Gasteiger partial charge in [-0.1, -0.05) is 17.7 Å². The monoisotopic (exact) mass is 341 g/mol. The van der Waals surface area contributed by atoms with Crippen molar-refractivity contribution in [2.45, 2.75) is 12.6 Å². The molecule has 2 rings (SSSR count). The number of pyridine rings is 1. The predicted molar refractivity (Wildman–Crippen MR) is 80.8 cm³/mol. The zero-order chi connectivity index (χ0) is 16.8. The number of rotatable bonds is 5. The number of aliphatic hydroxyl groups is 1. The van der Waals surface area contributed by atoms with Gasteiger partial charge in [0.1, 0.15) is 17.7 Å². The number of halogens is 3. The Morgan fingerprint density at radius 3 is 2.52 bits per heavy atom. The van der Waals surface area contributed by atoms with Gasteiger partial charge in [0.25, 0.3) is 0 Å². The van der Waals surface area contributed by atoms with Crippen LogP contribution < -0.4 is 10.6 Å². The maximum Gasteiger partial charge on any atom is 0.315 e. The standard InChI is InChI=1S/C15H14ClF2N3O2/c16-9-4-5-10(19-6-9)7-20-15(23)21-8-13(22)14-11(17)2-1-3-12(14)18/h1-6,13,22H,7-8H2,(H2,20,21,23). The highest BCUT2D eigenvalue weighted by Crippen LogP contribution is 2.19. The van der Waals surface area contributed by atoms with E-state index < -0.39 is 29.3 Å². The third kappa shape index (κ3) is 4.87. The second-order valence-electron chi connectivity index (χ2n) is 4.68. The van der Waals surface area contributed by atoms with E-state index in [-0.39, 0.29) is 13.1 Å². The van der Waals surface area contributed by atoms with Gasteiger partial charge in [-0.2, -0.15) is 0 Å². The summed E-state index contributed by atoms with van der Waals surface area (Å²) < 4.78 is 27.0. The minimum absolute atomic E-state index is 0.146. The Morgan fingerprint density at radius 2 is 1.91 bits per heavy atom. The molecule has 0 aliphatic heterocycles. The molecular formula is C15H14ClF2N3O2. The third-order valence-corrected chi connectivity index (χ3v) is 3.23. The van der Waals surface area contributed by atoms with Gasteiger partial charge in [-0.25, -0.2) is 13.6 Å². The fourth-order valence-corrected chi connectivity index (χ4v) is 1.98. The molecule has 0 aliphatic rings. The second-order valence-corrected chi connectivity index (χ2v) is 5.12. The fourth-order valence-electron chi connectivity index (χ4n) is 1.86. The molecule has 1 aromatic carbocycles. The average Bonchev–Trinajstić information content (AvgIpc) is 2.52. The molecule has 2 aromatic rings. The summed E-state index contributed by atoms with van der Waals surface area (Å²) in [6.45, 7) is -0.190. The minimum Gasteiger partial charge on any atom is -0.386 e. The molecule has 0 radical (unpaired) electrons. The van der Waals surface area contributed by atoms with Gasteiger partial charge in [0.2, 0.25) is 0 Å². The van der Waals surface area contributed by atoms with Crippen molar-refractivity contribution in [3.8, 4) is 0 Å². The highest BCUT2D eigenvalue weighted by atomic mass is 35.5. The minimum atomic E-state index is -1.49. The quantitative estimate of drug-likeness (QED) is 0.782. The summed E-state index contributed by atoms with van der Waals surface area (Å²) >= 11 is 5.69. The number of nitrogens with zero attached hydrogens (tertiary/aromatic N) is 1. The van der Waals surface area contributed by atoms with E-state index in [4.69, 9.17) is 11.6 Å². The molecule has 3 N–H and O–H groups in total. The largest absolute Gasteiger partial charge is 0.386 e. The molecule has 2 amide bonds. The van der Waals surface area contributed by atoms with Crippen LogP contribution in [0.2, 0.25) is 5.02 Å². The summed E-state index contributed by atoms with van der Waals surface area (Å²) in [6.07, 6.45) is -0.0446. The van der Waals surface area contributed by atoms with Crippen molar-refractivity contribution in [2.75, 3.05) is 6.54 Å². The zero-order valence-electron chi connectivity index (χ0n) is 11.9. The van der Waals surface area contributed by atoms with E-state index in [1.807, 2.05) is 0 Å². The lowest BCUT2D eigenvalue weighted by Crippen LogP contribution is -2.37. The van der Waals surface area contributed by atoms with Crippen LogP contribution in [0, 0.1) is 11.6 Å². The average molecular weight is 342 g/mol. The number of urea groups is 1. The first-order chi connectivity index (χ1) is 11.0. The van der Waals surface area contributed by atoms with Crippen LogP contribution in [0.1, 0.15) is 17.4 Å². The summed E-state index contributed by atoms with van der Waals surface area (Å²) in [5.74, 6) is -1.74. The van der Waals surface area contributed by atoms with Crippen LogP contribution in [0.5, 0.6) is 0 Å². The molecule has 122 valence electrons. The maximum atomic E-state index is 13.5. The number of aliphatic hydroxyl groups excluding tert-OH is 1. The first kappa shape index (κ1) is 17.1. The molecular weight excluding hydrogens is 328 g/mol. The van der Waals surface area contributed by atoms with E-state index in [0.29, 0.717) is 10.7 Å². The Bertz CT molecular complexity index is 663. The van der Waals surface area contributed by atoms with Crippen LogP contribution in [-0.2, 0) is 6.54 Å². The highest BCUT2D eigenvalue weighted by Gasteiger charge is 2.18. The number of carbonyl (C=O) groups is 1. The smallest absolute Gasteiger partial charge is 0.315 e. The lowest BCUT2D eigenvalue weighted by Gasteiger charge is -2.14. The van der Waals surface area contributed by atoms with Crippen molar-refractivity contribution in [2.24, 2.45) is 0 Å². The molecule has 1 heterocycles. The number of hydrogen-bond donors (Lipinski definition) is 3. The number of hydrogen-bond acceptors (Lipinski definition) is 3. The molecule has 23 heavy (non-hydrogen) atoms. The van der Waals surface area contributed by atoms with Crippen LogP contribution in [0.4, 0.5) is 13.6 Å². The third-order valence-electron chi connectivity index (χ3n) is 3.01. The summed E-state index contributed by atoms with van der Waals surface area (Å²) in [5, 5.41) is 15.1. The lowest BCUT2D eigenvalue weighted by atomic mass is 10.1. The predicted octanol–water partition coefficient (Wildman–Crippen LogP) is 2.55. The van der Waals surface area contributed by atoms with Gasteiger partial charge >= 0.3 is 6.03 Å². The van der Waals surface area contributed by atoms with Crippen LogP contribution in [0.25, 0.3) is 0 Å². The SMILES string of the molecule is O=C(NCc1ccc(Cl)cn1)NCC(O)c1c(F)cccc1F. The van der Waals surface area contributed by atoms with E-state index in [9.17, 15) is 18.7 Å². The number of aromatic nitrogens is 1. The molecule has 0 fully saturated rings. The number of carbonyl (C=O) groups excluding carboxylic acids is 1. The molecule has 1 aromatic heterocycles. The Kier molecular flexibility index (Phi) is 5.84. The van der Waals surface area contributed by atoms with Gasteiger partial charge in [0, 0.05) is 12.7 Å². The Balaban J connectivity index is 1.83. The molecule has 5 nitrogen and oxygen atoms in total. The molecule has 1 unspecified atom stereocenters. The first-order valence-electron chi connectivity index (χ1n) is 6.71. The van der Waals surface area contributed by atoms with Crippen LogP contribution in [-0.4, -0.2) is 22.7 Å². The molecule has 8 heteroatoms. The highest BCUT2D eigenvalue weighted by molar-refractivity contribution is 6.30. The van der Waals surface area contributed by atoms with E-state index >= 15 is 0 Å². The molecule has 1 atom stereocenters. The van der Waals surface area contributed by atoms with E-state index in [1.165, 1.54) is 12.3 Å². The number of nitrogens with one attached hydrogen (secondary N) is 2. The summed E-state index contributed by atoms with van der Waals surface area (Å²) in [5.41, 5.74) is 0.109. The first-order valence-corrected chi connectivity index (χ1v) is 7.09. The van der Waals surface area contributed by atoms with Crippen molar-refractivity contribution in [3.63, 3.8) is 0 Å². The van der Waals surface area contributed by atoms with E-state index in [1.54, 1.807) is 12.1 Å². The van der Waals surface area contributed by atoms with E-state index in [0.717, 1.165) is 12.1 Å². The van der Waals surface area contributed by atoms with Crippen molar-refractivity contribution in [3.05, 3.63) is 64.4 Å². The van der Waals surface area contributed by atoms with Crippen molar-refractivity contribution in [1.29, 1.82) is 0 Å². The second kappa shape index (κ2) is 7.85. The van der Waals surface area contributed by atoms with Gasteiger partial charge in [-0.15, -0.1) is 0 Å². The van der Waals surface area contributed by atoms with Crippen molar-refractivity contribution in [1.82, 2.24) is 15.6 Å². The van der Waals surface area contributed by atoms with Crippen molar-refractivity contribution < 1.29 is 18.7 Å². The fraction of sp³-hybridized carbons (Fsp3) is 0.200. The Morgan fingerprint density at radius 1 is 1.22 bits per heavy atom. The molecule has 0 saturated carbocycles. The van der Waals surface area contributed by atoms with Gasteiger partial charge in [0.05, 0.1) is 22.8 Å². The van der Waals surface area contributed by atoms with Crippen LogP contribution in [0.15, 0.2) is 36.5 Å². The maximum absolute atomic E-state index is 13.5. The zero-order valence-corrected chi connectivity index (χ0v) is 12.6. The molecule has 0 spiro atoms. The van der Waals surface area contributed by atoms with Crippen LogP contribution >= 0.6 is 11.6 Å². The topological polar surface area (TPSA) is 74.2 Å². The summed E-state index contributed by atoms with van der Waals surface area (Å²) in [6, 6.07) is 5.94. The van der Waals surface area contributed by atoms with Gasteiger partial charge in [-0.3, -0.25) is 4.98 Å². The normalized spacial score (nSPS) is 11.8. The van der Waals surface area contributed by atoms with Gasteiger partial charge in [0.15, 0.2) is 0 Å². The molecule has 0 bridgehead atoms. The van der Waals surface area contributed by atoms with Crippen molar-refractivity contribution >= 4 is 17.6 Å². The Labute approximate surface area is 136 Å². The summed E-state index contributed by atoms with van der Waals surface area (Å²) in [7, 11) is 0. The molecule has 0 saturated heterocycles. The molecule has 0 aliphatic carbocycles. The lowest BCUT2D eigenvalue weighted by molar-refractivity contribution is 0.164. The number of benzene rings is 1. The number of amides is 2. The van der Waals surface area contributed by atoms with Crippen LogP contribution in [0.3, 0.4) is 0 Å². The van der Waals surface area contributed by atoms with E-state index in [2.05, 4.69) is 15.6 Å².